The van der Waals surface area contributed by atoms with Crippen molar-refractivity contribution in [2.24, 2.45) is 0 Å². The first-order chi connectivity index (χ1) is 6.97. The van der Waals surface area contributed by atoms with Crippen molar-refractivity contribution in [3.63, 3.8) is 0 Å². The van der Waals surface area contributed by atoms with Crippen LogP contribution in [0.3, 0.4) is 0 Å². The van der Waals surface area contributed by atoms with Crippen LogP contribution in [0.4, 0.5) is 0 Å². The Bertz CT molecular complexity index is 242. The summed E-state index contributed by atoms with van der Waals surface area (Å²) in [5.74, 6) is -0.632. The molecule has 2 saturated heterocycles. The summed E-state index contributed by atoms with van der Waals surface area (Å²) in [5.41, 5.74) is -1.19. The molecule has 0 radical (unpaired) electrons. The van der Waals surface area contributed by atoms with Gasteiger partial charge in [-0.3, -0.25) is 0 Å². The van der Waals surface area contributed by atoms with Crippen LogP contribution in [0, 0.1) is 0 Å². The van der Waals surface area contributed by atoms with E-state index in [9.17, 15) is 5.11 Å². The predicted octanol–water partition coefficient (Wildman–Crippen LogP) is -0.350. The van der Waals surface area contributed by atoms with Gasteiger partial charge in [0.1, 0.15) is 17.8 Å². The van der Waals surface area contributed by atoms with Crippen LogP contribution in [0.15, 0.2) is 0 Å². The average Bonchev–Trinajstić information content (AvgIpc) is 2.70. The molecule has 2 aliphatic heterocycles. The van der Waals surface area contributed by atoms with E-state index in [0.29, 0.717) is 19.6 Å². The van der Waals surface area contributed by atoms with Crippen LogP contribution >= 0.6 is 0 Å². The van der Waals surface area contributed by atoms with Gasteiger partial charge in [0.05, 0.1) is 19.8 Å². The van der Waals surface area contributed by atoms with Gasteiger partial charge in [0.2, 0.25) is 0 Å². The number of ether oxygens (including phenoxy) is 3. The molecule has 5 heteroatoms. The lowest BCUT2D eigenvalue weighted by Gasteiger charge is -2.30. The molecule has 0 amide bonds. The second kappa shape index (κ2) is 3.68. The third kappa shape index (κ3) is 2.03. The molecular weight excluding hydrogens is 200 g/mol. The molecule has 0 bridgehead atoms. The van der Waals surface area contributed by atoms with E-state index in [1.54, 1.807) is 0 Å². The van der Waals surface area contributed by atoms with Gasteiger partial charge in [-0.2, -0.15) is 0 Å². The Morgan fingerprint density at radius 3 is 2.67 bits per heavy atom. The largest absolute Gasteiger partial charge is 0.393 e. The van der Waals surface area contributed by atoms with Gasteiger partial charge in [-0.05, 0) is 13.8 Å². The summed E-state index contributed by atoms with van der Waals surface area (Å²) in [7, 11) is 0. The monoisotopic (exact) mass is 218 g/mol. The highest BCUT2D eigenvalue weighted by molar-refractivity contribution is 4.98. The van der Waals surface area contributed by atoms with Crippen LogP contribution in [0.5, 0.6) is 0 Å². The van der Waals surface area contributed by atoms with Gasteiger partial charge in [-0.25, -0.2) is 0 Å². The van der Waals surface area contributed by atoms with Gasteiger partial charge in [0.25, 0.3) is 0 Å². The maximum absolute atomic E-state index is 10.1. The third-order valence-electron chi connectivity index (χ3n) is 3.00. The lowest BCUT2D eigenvalue weighted by atomic mass is 9.93. The van der Waals surface area contributed by atoms with Gasteiger partial charge in [-0.1, -0.05) is 0 Å². The van der Waals surface area contributed by atoms with Crippen molar-refractivity contribution in [3.05, 3.63) is 0 Å². The fourth-order valence-corrected chi connectivity index (χ4v) is 2.15. The Morgan fingerprint density at radius 2 is 2.13 bits per heavy atom. The number of hydrogen-bond acceptors (Lipinski definition) is 5. The van der Waals surface area contributed by atoms with Crippen molar-refractivity contribution < 1.29 is 24.4 Å². The molecule has 2 heterocycles. The third-order valence-corrected chi connectivity index (χ3v) is 3.00. The van der Waals surface area contributed by atoms with E-state index in [4.69, 9.17) is 19.3 Å². The molecule has 3 atom stereocenters. The summed E-state index contributed by atoms with van der Waals surface area (Å²) in [5, 5.41) is 19.2. The molecule has 2 N–H and O–H groups in total. The normalized spacial score (nSPS) is 44.8. The van der Waals surface area contributed by atoms with Crippen LogP contribution in [0.2, 0.25) is 0 Å². The van der Waals surface area contributed by atoms with Crippen LogP contribution in [0.25, 0.3) is 0 Å². The second-order valence-electron chi connectivity index (χ2n) is 4.67. The minimum atomic E-state index is -1.19. The van der Waals surface area contributed by atoms with E-state index in [-0.39, 0.29) is 12.7 Å². The fraction of sp³-hybridized carbons (Fsp3) is 1.00. The Kier molecular flexibility index (Phi) is 2.77. The maximum atomic E-state index is 10.1. The molecule has 2 fully saturated rings. The molecule has 2 aliphatic rings. The van der Waals surface area contributed by atoms with E-state index >= 15 is 0 Å². The van der Waals surface area contributed by atoms with E-state index in [1.165, 1.54) is 0 Å². The van der Waals surface area contributed by atoms with Gasteiger partial charge in [0.15, 0.2) is 5.79 Å². The second-order valence-corrected chi connectivity index (χ2v) is 4.67. The Labute approximate surface area is 88.9 Å². The molecule has 15 heavy (non-hydrogen) atoms. The molecular formula is C10H18O5. The van der Waals surface area contributed by atoms with Crippen molar-refractivity contribution in [2.75, 3.05) is 19.8 Å². The van der Waals surface area contributed by atoms with E-state index < -0.39 is 17.5 Å². The summed E-state index contributed by atoms with van der Waals surface area (Å²) in [6, 6.07) is 0. The van der Waals surface area contributed by atoms with Crippen molar-refractivity contribution in [2.45, 2.75) is 43.9 Å². The molecule has 2 rings (SSSR count). The molecule has 0 saturated carbocycles. The highest BCUT2D eigenvalue weighted by Gasteiger charge is 2.50. The smallest absolute Gasteiger partial charge is 0.163 e. The lowest BCUT2D eigenvalue weighted by molar-refractivity contribution is -0.173. The van der Waals surface area contributed by atoms with Crippen molar-refractivity contribution in [1.29, 1.82) is 0 Å². The van der Waals surface area contributed by atoms with Crippen molar-refractivity contribution in [3.8, 4) is 0 Å². The predicted molar refractivity (Wildman–Crippen MR) is 51.3 cm³/mol. The molecule has 0 aromatic carbocycles. The Balaban J connectivity index is 2.05. The topological polar surface area (TPSA) is 68.2 Å². The SMILES string of the molecule is CC1(C)OCC(C2OCCC2(O)CO)O1. The zero-order valence-electron chi connectivity index (χ0n) is 9.10. The van der Waals surface area contributed by atoms with Crippen LogP contribution in [-0.4, -0.2) is 53.6 Å². The minimum Gasteiger partial charge on any atom is -0.393 e. The van der Waals surface area contributed by atoms with Gasteiger partial charge in [0, 0.05) is 6.42 Å². The first-order valence-corrected chi connectivity index (χ1v) is 5.23. The molecule has 3 unspecified atom stereocenters. The van der Waals surface area contributed by atoms with Gasteiger partial charge in [-0.15, -0.1) is 0 Å². The fourth-order valence-electron chi connectivity index (χ4n) is 2.15. The summed E-state index contributed by atoms with van der Waals surface area (Å²) in [6.45, 7) is 4.17. The van der Waals surface area contributed by atoms with E-state index in [0.717, 1.165) is 0 Å². The summed E-state index contributed by atoms with van der Waals surface area (Å²) >= 11 is 0. The number of rotatable bonds is 2. The van der Waals surface area contributed by atoms with Crippen molar-refractivity contribution in [1.82, 2.24) is 0 Å². The molecule has 0 aromatic rings. The number of aliphatic hydroxyl groups is 2. The molecule has 0 spiro atoms. The molecule has 0 aliphatic carbocycles. The standard InChI is InChI=1S/C10H18O5/c1-9(2)14-5-7(15-9)8-10(12,6-11)3-4-13-8/h7-8,11-12H,3-6H2,1-2H3. The zero-order valence-corrected chi connectivity index (χ0v) is 9.10. The lowest BCUT2D eigenvalue weighted by Crippen LogP contribution is -2.49. The number of aliphatic hydroxyl groups excluding tert-OH is 1. The van der Waals surface area contributed by atoms with Crippen LogP contribution < -0.4 is 0 Å². The van der Waals surface area contributed by atoms with Crippen LogP contribution in [0.1, 0.15) is 20.3 Å². The van der Waals surface area contributed by atoms with Gasteiger partial charge < -0.3 is 24.4 Å². The summed E-state index contributed by atoms with van der Waals surface area (Å²) in [4.78, 5) is 0. The zero-order chi connectivity index (χ0) is 11.1. The Hall–Kier alpha value is -0.200. The number of hydrogen-bond donors (Lipinski definition) is 2. The van der Waals surface area contributed by atoms with E-state index in [2.05, 4.69) is 0 Å². The summed E-state index contributed by atoms with van der Waals surface area (Å²) in [6.07, 6.45) is -0.363. The first kappa shape index (κ1) is 11.3. The average molecular weight is 218 g/mol. The molecule has 88 valence electrons. The molecule has 0 aromatic heterocycles. The quantitative estimate of drug-likeness (QED) is 0.663. The highest BCUT2D eigenvalue weighted by atomic mass is 16.8. The highest BCUT2D eigenvalue weighted by Crippen LogP contribution is 2.34. The minimum absolute atomic E-state index is 0.306. The van der Waals surface area contributed by atoms with Crippen LogP contribution in [-0.2, 0) is 14.2 Å². The molecule has 5 nitrogen and oxygen atoms in total. The Morgan fingerprint density at radius 1 is 1.40 bits per heavy atom. The van der Waals surface area contributed by atoms with Crippen molar-refractivity contribution >= 4 is 0 Å². The van der Waals surface area contributed by atoms with Gasteiger partial charge >= 0.3 is 0 Å². The van der Waals surface area contributed by atoms with E-state index in [1.807, 2.05) is 13.8 Å². The maximum Gasteiger partial charge on any atom is 0.163 e. The first-order valence-electron chi connectivity index (χ1n) is 5.23. The summed E-state index contributed by atoms with van der Waals surface area (Å²) < 4.78 is 16.4.